The predicted octanol–water partition coefficient (Wildman–Crippen LogP) is 3.69. The Kier molecular flexibility index (Phi) is 6.70. The highest BCUT2D eigenvalue weighted by atomic mass is 79.9. The van der Waals surface area contributed by atoms with E-state index in [1.165, 1.54) is 25.7 Å². The van der Waals surface area contributed by atoms with Gasteiger partial charge in [0.05, 0.1) is 0 Å². The fourth-order valence-electron chi connectivity index (χ4n) is 2.98. The van der Waals surface area contributed by atoms with Gasteiger partial charge >= 0.3 is 0 Å². The number of likely N-dealkylation sites (N-methyl/N-ethyl adjacent to an activating group) is 1. The predicted molar refractivity (Wildman–Crippen MR) is 92.5 cm³/mol. The molecule has 0 bridgehead atoms. The van der Waals surface area contributed by atoms with Crippen molar-refractivity contribution in [2.24, 2.45) is 11.7 Å². The maximum atomic E-state index is 12.6. The van der Waals surface area contributed by atoms with E-state index < -0.39 is 5.54 Å². The Morgan fingerprint density at radius 3 is 2.38 bits per heavy atom. The Balaban J connectivity index is 0.00000220. The molecule has 1 aromatic carbocycles. The number of hydrogen-bond acceptors (Lipinski definition) is 2. The summed E-state index contributed by atoms with van der Waals surface area (Å²) in [4.78, 5) is 14.4. The van der Waals surface area contributed by atoms with Crippen LogP contribution in [0, 0.1) is 5.92 Å². The standard InChI is InChI=1S/C16H23BrN2O.ClH/c1-16(18,13-7-9-14(17)10-8-13)15(20)19(2)11-12-5-3-4-6-12;/h7-10,12H,3-6,11,18H2,1-2H3;1H. The number of benzene rings is 1. The Morgan fingerprint density at radius 2 is 1.86 bits per heavy atom. The summed E-state index contributed by atoms with van der Waals surface area (Å²) in [6.45, 7) is 2.62. The zero-order valence-corrected chi connectivity index (χ0v) is 15.0. The first-order chi connectivity index (χ1) is 9.41. The molecule has 0 aliphatic heterocycles. The molecule has 1 fully saturated rings. The molecule has 1 aliphatic carbocycles. The average Bonchev–Trinajstić information content (AvgIpc) is 2.91. The van der Waals surface area contributed by atoms with Gasteiger partial charge in [0.25, 0.3) is 0 Å². The molecule has 1 amide bonds. The van der Waals surface area contributed by atoms with Crippen LogP contribution in [-0.4, -0.2) is 24.4 Å². The normalized spacial score (nSPS) is 17.9. The Bertz CT molecular complexity index is 470. The molecule has 1 unspecified atom stereocenters. The van der Waals surface area contributed by atoms with Crippen LogP contribution in [0.1, 0.15) is 38.2 Å². The molecule has 1 saturated carbocycles. The molecule has 0 spiro atoms. The molecule has 1 aromatic rings. The molecule has 0 radical (unpaired) electrons. The van der Waals surface area contributed by atoms with Crippen LogP contribution in [0.4, 0.5) is 0 Å². The zero-order chi connectivity index (χ0) is 14.8. The third-order valence-corrected chi connectivity index (χ3v) is 4.77. The first kappa shape index (κ1) is 18.5. The van der Waals surface area contributed by atoms with Gasteiger partial charge < -0.3 is 10.6 Å². The van der Waals surface area contributed by atoms with Gasteiger partial charge in [-0.3, -0.25) is 4.79 Å². The molecule has 2 N–H and O–H groups in total. The second-order valence-electron chi connectivity index (χ2n) is 6.05. The van der Waals surface area contributed by atoms with Gasteiger partial charge in [0.2, 0.25) is 5.91 Å². The lowest BCUT2D eigenvalue weighted by molar-refractivity contribution is -0.136. The van der Waals surface area contributed by atoms with E-state index in [0.717, 1.165) is 16.6 Å². The van der Waals surface area contributed by atoms with Crippen LogP contribution in [-0.2, 0) is 10.3 Å². The zero-order valence-electron chi connectivity index (χ0n) is 12.6. The Labute approximate surface area is 141 Å². The van der Waals surface area contributed by atoms with Crippen LogP contribution >= 0.6 is 28.3 Å². The maximum Gasteiger partial charge on any atom is 0.246 e. The number of carbonyl (C=O) groups excluding carboxylic acids is 1. The van der Waals surface area contributed by atoms with E-state index in [9.17, 15) is 4.79 Å². The number of nitrogens with zero attached hydrogens (tertiary/aromatic N) is 1. The summed E-state index contributed by atoms with van der Waals surface area (Å²) in [6, 6.07) is 7.66. The number of amides is 1. The molecular weight excluding hydrogens is 352 g/mol. The Hall–Kier alpha value is -0.580. The maximum absolute atomic E-state index is 12.6. The van der Waals surface area contributed by atoms with Gasteiger partial charge in [-0.2, -0.15) is 0 Å². The molecule has 5 heteroatoms. The van der Waals surface area contributed by atoms with Crippen molar-refractivity contribution in [1.29, 1.82) is 0 Å². The van der Waals surface area contributed by atoms with Crippen LogP contribution in [0.3, 0.4) is 0 Å². The van der Waals surface area contributed by atoms with Crippen molar-refractivity contribution in [1.82, 2.24) is 4.90 Å². The van der Waals surface area contributed by atoms with E-state index >= 15 is 0 Å². The summed E-state index contributed by atoms with van der Waals surface area (Å²) >= 11 is 3.40. The van der Waals surface area contributed by atoms with Crippen LogP contribution in [0.15, 0.2) is 28.7 Å². The first-order valence-corrected chi connectivity index (χ1v) is 8.01. The summed E-state index contributed by atoms with van der Waals surface area (Å²) in [5.41, 5.74) is 6.19. The minimum absolute atomic E-state index is 0. The van der Waals surface area contributed by atoms with Crippen molar-refractivity contribution < 1.29 is 4.79 Å². The van der Waals surface area contributed by atoms with E-state index in [4.69, 9.17) is 5.73 Å². The molecule has 3 nitrogen and oxygen atoms in total. The van der Waals surface area contributed by atoms with Gasteiger partial charge in [0, 0.05) is 18.1 Å². The quantitative estimate of drug-likeness (QED) is 0.872. The summed E-state index contributed by atoms with van der Waals surface area (Å²) < 4.78 is 0.990. The summed E-state index contributed by atoms with van der Waals surface area (Å²) in [5.74, 6) is 0.636. The van der Waals surface area contributed by atoms with Crippen LogP contribution in [0.25, 0.3) is 0 Å². The lowest BCUT2D eigenvalue weighted by Gasteiger charge is -2.31. The second-order valence-corrected chi connectivity index (χ2v) is 6.96. The van der Waals surface area contributed by atoms with Crippen LogP contribution < -0.4 is 5.73 Å². The highest BCUT2D eigenvalue weighted by Crippen LogP contribution is 2.27. The molecule has 1 atom stereocenters. The highest BCUT2D eigenvalue weighted by molar-refractivity contribution is 9.10. The number of carbonyl (C=O) groups is 1. The first-order valence-electron chi connectivity index (χ1n) is 7.21. The van der Waals surface area contributed by atoms with E-state index in [1.54, 1.807) is 11.8 Å². The number of halogens is 2. The summed E-state index contributed by atoms with van der Waals surface area (Å²) in [7, 11) is 1.87. The SMILES string of the molecule is CN(CC1CCCC1)C(=O)C(C)(N)c1ccc(Br)cc1.Cl. The lowest BCUT2D eigenvalue weighted by atomic mass is 9.91. The second kappa shape index (κ2) is 7.61. The fraction of sp³-hybridized carbons (Fsp3) is 0.562. The van der Waals surface area contributed by atoms with Gasteiger partial charge in [-0.25, -0.2) is 0 Å². The molecular formula is C16H24BrClN2O. The van der Waals surface area contributed by atoms with Crippen molar-refractivity contribution in [2.45, 2.75) is 38.1 Å². The van der Waals surface area contributed by atoms with Gasteiger partial charge in [-0.15, -0.1) is 12.4 Å². The summed E-state index contributed by atoms with van der Waals surface area (Å²) in [5, 5.41) is 0. The summed E-state index contributed by atoms with van der Waals surface area (Å²) in [6.07, 6.45) is 5.05. The average molecular weight is 376 g/mol. The van der Waals surface area contributed by atoms with Crippen LogP contribution in [0.2, 0.25) is 0 Å². The third-order valence-electron chi connectivity index (χ3n) is 4.24. The molecule has 2 rings (SSSR count). The molecule has 118 valence electrons. The van der Waals surface area contributed by atoms with E-state index in [1.807, 2.05) is 31.3 Å². The third kappa shape index (κ3) is 4.44. The molecule has 1 aliphatic rings. The van der Waals surface area contributed by atoms with Gasteiger partial charge in [-0.05, 0) is 43.4 Å². The van der Waals surface area contributed by atoms with Crippen LogP contribution in [0.5, 0.6) is 0 Å². The highest BCUT2D eigenvalue weighted by Gasteiger charge is 2.34. The minimum Gasteiger partial charge on any atom is -0.344 e. The fourth-order valence-corrected chi connectivity index (χ4v) is 3.24. The monoisotopic (exact) mass is 374 g/mol. The molecule has 21 heavy (non-hydrogen) atoms. The van der Waals surface area contributed by atoms with Crippen molar-refractivity contribution in [3.63, 3.8) is 0 Å². The van der Waals surface area contributed by atoms with Crippen molar-refractivity contribution in [3.05, 3.63) is 34.3 Å². The molecule has 0 saturated heterocycles. The molecule has 0 heterocycles. The smallest absolute Gasteiger partial charge is 0.246 e. The van der Waals surface area contributed by atoms with Gasteiger partial charge in [0.1, 0.15) is 5.54 Å². The van der Waals surface area contributed by atoms with Crippen molar-refractivity contribution in [3.8, 4) is 0 Å². The van der Waals surface area contributed by atoms with Crippen molar-refractivity contribution in [2.75, 3.05) is 13.6 Å². The largest absolute Gasteiger partial charge is 0.344 e. The Morgan fingerprint density at radius 1 is 1.33 bits per heavy atom. The van der Waals surface area contributed by atoms with Gasteiger partial charge in [0.15, 0.2) is 0 Å². The number of nitrogens with two attached hydrogens (primary N) is 1. The number of rotatable bonds is 4. The topological polar surface area (TPSA) is 46.3 Å². The van der Waals surface area contributed by atoms with Gasteiger partial charge in [-0.1, -0.05) is 40.9 Å². The van der Waals surface area contributed by atoms with E-state index in [-0.39, 0.29) is 18.3 Å². The van der Waals surface area contributed by atoms with E-state index in [0.29, 0.717) is 5.92 Å². The number of hydrogen-bond donors (Lipinski definition) is 1. The lowest BCUT2D eigenvalue weighted by Crippen LogP contribution is -2.50. The molecule has 0 aromatic heterocycles. The minimum atomic E-state index is -0.964. The van der Waals surface area contributed by atoms with E-state index in [2.05, 4.69) is 15.9 Å². The van der Waals surface area contributed by atoms with Crippen molar-refractivity contribution >= 4 is 34.2 Å².